The van der Waals surface area contributed by atoms with Crippen molar-refractivity contribution >= 4 is 27.3 Å². The molecule has 0 radical (unpaired) electrons. The lowest BCUT2D eigenvalue weighted by molar-refractivity contribution is 0.509. The van der Waals surface area contributed by atoms with E-state index in [0.29, 0.717) is 5.69 Å². The van der Waals surface area contributed by atoms with Gasteiger partial charge in [0.1, 0.15) is 6.07 Å². The number of benzene rings is 2. The standard InChI is InChI=1S/C14H9BrF2N2/c1-8-2-4-11(10(15)6-8)19-12-5-3-9(7-18)13(16)14(12)17/h2-6,19H,1H3. The van der Waals surface area contributed by atoms with Crippen LogP contribution < -0.4 is 5.32 Å². The van der Waals surface area contributed by atoms with Crippen molar-refractivity contribution < 1.29 is 8.78 Å². The number of anilines is 2. The first-order valence-corrected chi connectivity index (χ1v) is 6.23. The van der Waals surface area contributed by atoms with Gasteiger partial charge >= 0.3 is 0 Å². The summed E-state index contributed by atoms with van der Waals surface area (Å²) in [6.45, 7) is 1.93. The maximum absolute atomic E-state index is 13.7. The molecule has 2 rings (SSSR count). The van der Waals surface area contributed by atoms with Gasteiger partial charge < -0.3 is 5.32 Å². The van der Waals surface area contributed by atoms with Gasteiger partial charge in [0.05, 0.1) is 16.9 Å². The summed E-state index contributed by atoms with van der Waals surface area (Å²) in [5.74, 6) is -2.21. The van der Waals surface area contributed by atoms with Crippen molar-refractivity contribution in [2.24, 2.45) is 0 Å². The Morgan fingerprint density at radius 2 is 1.79 bits per heavy atom. The minimum atomic E-state index is -1.14. The molecule has 5 heteroatoms. The number of halogens is 3. The lowest BCUT2D eigenvalue weighted by Gasteiger charge is -2.11. The lowest BCUT2D eigenvalue weighted by atomic mass is 10.2. The van der Waals surface area contributed by atoms with Crippen LogP contribution in [0, 0.1) is 29.9 Å². The monoisotopic (exact) mass is 322 g/mol. The molecule has 2 aromatic rings. The zero-order chi connectivity index (χ0) is 14.0. The second kappa shape index (κ2) is 5.37. The quantitative estimate of drug-likeness (QED) is 0.873. The van der Waals surface area contributed by atoms with Crippen molar-refractivity contribution in [1.82, 2.24) is 0 Å². The predicted molar refractivity (Wildman–Crippen MR) is 73.2 cm³/mol. The van der Waals surface area contributed by atoms with E-state index in [-0.39, 0.29) is 11.3 Å². The van der Waals surface area contributed by atoms with Gasteiger partial charge in [-0.2, -0.15) is 5.26 Å². The zero-order valence-corrected chi connectivity index (χ0v) is 11.6. The highest BCUT2D eigenvalue weighted by molar-refractivity contribution is 9.10. The first-order chi connectivity index (χ1) is 9.02. The summed E-state index contributed by atoms with van der Waals surface area (Å²) in [6, 6.07) is 9.64. The fraction of sp³-hybridized carbons (Fsp3) is 0.0714. The molecule has 0 bridgehead atoms. The van der Waals surface area contributed by atoms with Crippen LogP contribution in [-0.4, -0.2) is 0 Å². The molecule has 0 saturated heterocycles. The lowest BCUT2D eigenvalue weighted by Crippen LogP contribution is -1.99. The molecule has 1 N–H and O–H groups in total. The average Bonchev–Trinajstić information content (AvgIpc) is 2.38. The van der Waals surface area contributed by atoms with Gasteiger partial charge in [0.15, 0.2) is 11.6 Å². The van der Waals surface area contributed by atoms with Gasteiger partial charge in [0, 0.05) is 4.47 Å². The van der Waals surface area contributed by atoms with Gasteiger partial charge in [-0.15, -0.1) is 0 Å². The van der Waals surface area contributed by atoms with E-state index in [1.54, 1.807) is 12.1 Å². The van der Waals surface area contributed by atoms with Crippen molar-refractivity contribution in [2.45, 2.75) is 6.92 Å². The van der Waals surface area contributed by atoms with Crippen molar-refractivity contribution in [1.29, 1.82) is 5.26 Å². The van der Waals surface area contributed by atoms with Crippen LogP contribution in [-0.2, 0) is 0 Å². The molecule has 0 fully saturated rings. The van der Waals surface area contributed by atoms with Crippen LogP contribution >= 0.6 is 15.9 Å². The van der Waals surface area contributed by atoms with E-state index in [1.807, 2.05) is 19.1 Å². The van der Waals surface area contributed by atoms with Crippen molar-refractivity contribution in [3.63, 3.8) is 0 Å². The van der Waals surface area contributed by atoms with E-state index in [9.17, 15) is 8.78 Å². The van der Waals surface area contributed by atoms with Crippen molar-refractivity contribution in [3.8, 4) is 6.07 Å². The topological polar surface area (TPSA) is 35.8 Å². The van der Waals surface area contributed by atoms with E-state index < -0.39 is 11.6 Å². The number of nitriles is 1. The van der Waals surface area contributed by atoms with E-state index >= 15 is 0 Å². The summed E-state index contributed by atoms with van der Waals surface area (Å²) < 4.78 is 28.0. The van der Waals surface area contributed by atoms with Crippen LogP contribution in [0.1, 0.15) is 11.1 Å². The molecule has 0 aromatic heterocycles. The molecule has 19 heavy (non-hydrogen) atoms. The molecule has 0 heterocycles. The normalized spacial score (nSPS) is 10.1. The molecular weight excluding hydrogens is 314 g/mol. The molecule has 0 unspecified atom stereocenters. The van der Waals surface area contributed by atoms with Crippen LogP contribution in [0.15, 0.2) is 34.8 Å². The second-order valence-electron chi connectivity index (χ2n) is 4.01. The molecule has 0 aliphatic carbocycles. The summed E-state index contributed by atoms with van der Waals surface area (Å²) in [7, 11) is 0. The van der Waals surface area contributed by atoms with Gasteiger partial charge in [-0.3, -0.25) is 0 Å². The molecule has 0 aliphatic heterocycles. The van der Waals surface area contributed by atoms with Gasteiger partial charge in [0.2, 0.25) is 0 Å². The molecular formula is C14H9BrF2N2. The molecule has 0 atom stereocenters. The predicted octanol–water partition coefficient (Wildman–Crippen LogP) is 4.65. The number of nitrogens with zero attached hydrogens (tertiary/aromatic N) is 1. The van der Waals surface area contributed by atoms with Gasteiger partial charge in [0.25, 0.3) is 0 Å². The summed E-state index contributed by atoms with van der Waals surface area (Å²) in [6.07, 6.45) is 0. The summed E-state index contributed by atoms with van der Waals surface area (Å²) in [5, 5.41) is 11.4. The Bertz CT molecular complexity index is 678. The second-order valence-corrected chi connectivity index (χ2v) is 4.86. The Balaban J connectivity index is 2.39. The Morgan fingerprint density at radius 1 is 1.11 bits per heavy atom. The maximum Gasteiger partial charge on any atom is 0.183 e. The molecule has 0 aliphatic rings. The van der Waals surface area contributed by atoms with E-state index in [0.717, 1.165) is 10.0 Å². The molecule has 0 amide bonds. The Kier molecular flexibility index (Phi) is 3.82. The summed E-state index contributed by atoms with van der Waals surface area (Å²) >= 11 is 3.34. The number of aryl methyl sites for hydroxylation is 1. The number of nitrogens with one attached hydrogen (secondary N) is 1. The highest BCUT2D eigenvalue weighted by Crippen LogP contribution is 2.29. The fourth-order valence-electron chi connectivity index (χ4n) is 1.60. The van der Waals surface area contributed by atoms with E-state index in [2.05, 4.69) is 21.2 Å². The molecule has 2 aromatic carbocycles. The molecule has 96 valence electrons. The van der Waals surface area contributed by atoms with Crippen LogP contribution in [0.2, 0.25) is 0 Å². The highest BCUT2D eigenvalue weighted by atomic mass is 79.9. The van der Waals surface area contributed by atoms with Crippen LogP contribution in [0.4, 0.5) is 20.2 Å². The third kappa shape index (κ3) is 2.74. The first-order valence-electron chi connectivity index (χ1n) is 5.44. The van der Waals surface area contributed by atoms with Gasteiger partial charge in [-0.25, -0.2) is 8.78 Å². The fourth-order valence-corrected chi connectivity index (χ4v) is 2.19. The maximum atomic E-state index is 13.7. The summed E-state index contributed by atoms with van der Waals surface area (Å²) in [4.78, 5) is 0. The van der Waals surface area contributed by atoms with Gasteiger partial charge in [-0.1, -0.05) is 6.07 Å². The third-order valence-corrected chi connectivity index (χ3v) is 3.25. The third-order valence-electron chi connectivity index (χ3n) is 2.60. The Hall–Kier alpha value is -1.93. The first kappa shape index (κ1) is 13.5. The van der Waals surface area contributed by atoms with Gasteiger partial charge in [-0.05, 0) is 52.7 Å². The van der Waals surface area contributed by atoms with Crippen molar-refractivity contribution in [2.75, 3.05) is 5.32 Å². The zero-order valence-electron chi connectivity index (χ0n) is 9.97. The van der Waals surface area contributed by atoms with Crippen LogP contribution in [0.3, 0.4) is 0 Å². The van der Waals surface area contributed by atoms with Crippen LogP contribution in [0.25, 0.3) is 0 Å². The summed E-state index contributed by atoms with van der Waals surface area (Å²) in [5.41, 5.74) is 1.34. The minimum Gasteiger partial charge on any atom is -0.352 e. The Morgan fingerprint density at radius 3 is 2.42 bits per heavy atom. The number of hydrogen-bond donors (Lipinski definition) is 1. The van der Waals surface area contributed by atoms with Crippen molar-refractivity contribution in [3.05, 3.63) is 57.6 Å². The Labute approximate surface area is 117 Å². The molecule has 0 saturated carbocycles. The molecule has 0 spiro atoms. The smallest absolute Gasteiger partial charge is 0.183 e. The molecule has 2 nitrogen and oxygen atoms in total. The minimum absolute atomic E-state index is 0.0129. The highest BCUT2D eigenvalue weighted by Gasteiger charge is 2.13. The van der Waals surface area contributed by atoms with E-state index in [1.165, 1.54) is 12.1 Å². The van der Waals surface area contributed by atoms with E-state index in [4.69, 9.17) is 5.26 Å². The SMILES string of the molecule is Cc1ccc(Nc2ccc(C#N)c(F)c2F)c(Br)c1. The largest absolute Gasteiger partial charge is 0.352 e. The van der Waals surface area contributed by atoms with Crippen LogP contribution in [0.5, 0.6) is 0 Å². The number of rotatable bonds is 2. The number of hydrogen-bond acceptors (Lipinski definition) is 2. The average molecular weight is 323 g/mol.